The molecule has 25 heavy (non-hydrogen) atoms. The van der Waals surface area contributed by atoms with Gasteiger partial charge in [-0.05, 0) is 49.4 Å². The van der Waals surface area contributed by atoms with Crippen LogP contribution in [0, 0.1) is 17.7 Å². The summed E-state index contributed by atoms with van der Waals surface area (Å²) in [7, 11) is 0. The highest BCUT2D eigenvalue weighted by atomic mass is 19.1. The summed E-state index contributed by atoms with van der Waals surface area (Å²) in [6, 6.07) is 6.88. The molecule has 0 radical (unpaired) electrons. The summed E-state index contributed by atoms with van der Waals surface area (Å²) in [5.41, 5.74) is 0.718. The Hall–Kier alpha value is -1.88. The van der Waals surface area contributed by atoms with Gasteiger partial charge in [-0.3, -0.25) is 4.79 Å². The van der Waals surface area contributed by atoms with Crippen LogP contribution in [-0.4, -0.2) is 29.9 Å². The topological polar surface area (TPSA) is 45.5 Å². The van der Waals surface area contributed by atoms with Crippen LogP contribution in [0.25, 0.3) is 11.0 Å². The molecule has 1 aliphatic heterocycles. The zero-order chi connectivity index (χ0) is 17.4. The molecule has 2 atom stereocenters. The summed E-state index contributed by atoms with van der Waals surface area (Å²) < 4.78 is 19.1. The highest BCUT2D eigenvalue weighted by molar-refractivity contribution is 5.81. The maximum Gasteiger partial charge on any atom is 0.225 e. The predicted molar refractivity (Wildman–Crippen MR) is 94.5 cm³/mol. The van der Waals surface area contributed by atoms with E-state index in [0.717, 1.165) is 55.5 Å². The molecule has 0 unspecified atom stereocenters. The molecule has 0 bridgehead atoms. The number of halogens is 1. The minimum atomic E-state index is -0.244. The lowest BCUT2D eigenvalue weighted by Crippen LogP contribution is -2.51. The van der Waals surface area contributed by atoms with Gasteiger partial charge in [0.15, 0.2) is 0 Å². The molecule has 2 aromatic rings. The van der Waals surface area contributed by atoms with Gasteiger partial charge in [-0.2, -0.15) is 0 Å². The maximum absolute atomic E-state index is 13.3. The van der Waals surface area contributed by atoms with Gasteiger partial charge in [0.25, 0.3) is 0 Å². The number of nitrogens with zero attached hydrogens (tertiary/aromatic N) is 1. The molecule has 1 aromatic carbocycles. The molecule has 2 aliphatic rings. The molecule has 5 heteroatoms. The Labute approximate surface area is 147 Å². The third kappa shape index (κ3) is 3.56. The second kappa shape index (κ2) is 6.79. The van der Waals surface area contributed by atoms with Gasteiger partial charge in [-0.15, -0.1) is 0 Å². The summed E-state index contributed by atoms with van der Waals surface area (Å²) in [6.07, 6.45) is 4.17. The standard InChI is InChI=1S/C20H25FN2O2/c1-2-13-12-23(20(24)14-3-4-14)8-7-18(13)22-11-17-10-15-9-16(21)5-6-19(15)25-17/h5-6,9-10,13-14,18,22H,2-4,7-8,11-12H2,1H3/t13-,18+/m1/s1. The Morgan fingerprint density at radius 1 is 1.32 bits per heavy atom. The third-order valence-corrected chi connectivity index (χ3v) is 5.56. The van der Waals surface area contributed by atoms with Crippen molar-refractivity contribution in [1.29, 1.82) is 0 Å². The number of carbonyl (C=O) groups is 1. The van der Waals surface area contributed by atoms with Crippen LogP contribution in [0.2, 0.25) is 0 Å². The molecule has 1 saturated carbocycles. The highest BCUT2D eigenvalue weighted by Crippen LogP contribution is 2.33. The fourth-order valence-electron chi connectivity index (χ4n) is 3.89. The number of amides is 1. The Morgan fingerprint density at radius 2 is 2.16 bits per heavy atom. The van der Waals surface area contributed by atoms with Crippen molar-refractivity contribution in [2.75, 3.05) is 13.1 Å². The van der Waals surface area contributed by atoms with E-state index < -0.39 is 0 Å². The number of carbonyl (C=O) groups excluding carboxylic acids is 1. The number of hydrogen-bond acceptors (Lipinski definition) is 3. The fraction of sp³-hybridized carbons (Fsp3) is 0.550. The van der Waals surface area contributed by atoms with Crippen molar-refractivity contribution in [2.24, 2.45) is 11.8 Å². The number of benzene rings is 1. The van der Waals surface area contributed by atoms with Crippen molar-refractivity contribution in [1.82, 2.24) is 10.2 Å². The first-order valence-corrected chi connectivity index (χ1v) is 9.34. The summed E-state index contributed by atoms with van der Waals surface area (Å²) in [6.45, 7) is 4.52. The van der Waals surface area contributed by atoms with E-state index in [4.69, 9.17) is 4.42 Å². The van der Waals surface area contributed by atoms with Crippen molar-refractivity contribution >= 4 is 16.9 Å². The number of likely N-dealkylation sites (tertiary alicyclic amines) is 1. The average molecular weight is 344 g/mol. The minimum Gasteiger partial charge on any atom is -0.460 e. The molecule has 4 nitrogen and oxygen atoms in total. The second-order valence-corrected chi connectivity index (χ2v) is 7.40. The quantitative estimate of drug-likeness (QED) is 0.900. The first kappa shape index (κ1) is 16.6. The lowest BCUT2D eigenvalue weighted by Gasteiger charge is -2.39. The highest BCUT2D eigenvalue weighted by Gasteiger charge is 2.37. The van der Waals surface area contributed by atoms with Gasteiger partial charge < -0.3 is 14.6 Å². The summed E-state index contributed by atoms with van der Waals surface area (Å²) in [4.78, 5) is 14.4. The normalized spacial score (nSPS) is 24.0. The van der Waals surface area contributed by atoms with Crippen LogP contribution in [-0.2, 0) is 11.3 Å². The lowest BCUT2D eigenvalue weighted by atomic mass is 9.89. The Bertz CT molecular complexity index is 768. The molecular formula is C20H25FN2O2. The van der Waals surface area contributed by atoms with Crippen molar-refractivity contribution in [2.45, 2.75) is 45.2 Å². The van der Waals surface area contributed by atoms with Gasteiger partial charge >= 0.3 is 0 Å². The number of nitrogens with one attached hydrogen (secondary N) is 1. The van der Waals surface area contributed by atoms with Crippen molar-refractivity contribution in [3.63, 3.8) is 0 Å². The molecule has 2 fully saturated rings. The number of rotatable bonds is 5. The predicted octanol–water partition coefficient (Wildman–Crippen LogP) is 3.70. The molecule has 1 N–H and O–H groups in total. The zero-order valence-electron chi connectivity index (χ0n) is 14.6. The van der Waals surface area contributed by atoms with E-state index in [-0.39, 0.29) is 5.82 Å². The van der Waals surface area contributed by atoms with E-state index in [2.05, 4.69) is 17.1 Å². The molecule has 1 aliphatic carbocycles. The van der Waals surface area contributed by atoms with Crippen molar-refractivity contribution in [3.8, 4) is 0 Å². The molecule has 1 aromatic heterocycles. The molecule has 0 spiro atoms. The number of piperidine rings is 1. The average Bonchev–Trinajstić information content (AvgIpc) is 3.39. The Morgan fingerprint density at radius 3 is 2.92 bits per heavy atom. The van der Waals surface area contributed by atoms with Crippen LogP contribution in [0.1, 0.15) is 38.4 Å². The molecule has 1 amide bonds. The lowest BCUT2D eigenvalue weighted by molar-refractivity contribution is -0.134. The number of fused-ring (bicyclic) bond motifs is 1. The van der Waals surface area contributed by atoms with Crippen LogP contribution in [0.4, 0.5) is 4.39 Å². The smallest absolute Gasteiger partial charge is 0.225 e. The van der Waals surface area contributed by atoms with E-state index in [0.29, 0.717) is 30.3 Å². The zero-order valence-corrected chi connectivity index (χ0v) is 14.6. The Kier molecular flexibility index (Phi) is 4.50. The monoisotopic (exact) mass is 344 g/mol. The van der Waals surface area contributed by atoms with Crippen LogP contribution < -0.4 is 5.32 Å². The van der Waals surface area contributed by atoms with Gasteiger partial charge in [0.1, 0.15) is 17.2 Å². The molecule has 1 saturated heterocycles. The summed E-state index contributed by atoms with van der Waals surface area (Å²) in [5, 5.41) is 4.39. The third-order valence-electron chi connectivity index (χ3n) is 5.56. The van der Waals surface area contributed by atoms with Gasteiger partial charge in [0.05, 0.1) is 6.54 Å². The van der Waals surface area contributed by atoms with Crippen LogP contribution >= 0.6 is 0 Å². The summed E-state index contributed by atoms with van der Waals surface area (Å²) in [5.74, 6) is 1.71. The molecular weight excluding hydrogens is 319 g/mol. The van der Waals surface area contributed by atoms with E-state index in [1.807, 2.05) is 6.07 Å². The van der Waals surface area contributed by atoms with E-state index in [1.54, 1.807) is 6.07 Å². The summed E-state index contributed by atoms with van der Waals surface area (Å²) >= 11 is 0. The molecule has 134 valence electrons. The first-order valence-electron chi connectivity index (χ1n) is 9.34. The number of hydrogen-bond donors (Lipinski definition) is 1. The van der Waals surface area contributed by atoms with Crippen molar-refractivity contribution < 1.29 is 13.6 Å². The fourth-order valence-corrected chi connectivity index (χ4v) is 3.89. The molecule has 2 heterocycles. The SMILES string of the molecule is CC[C@@H]1CN(C(=O)C2CC2)CC[C@@H]1NCc1cc2cc(F)ccc2o1. The minimum absolute atomic E-state index is 0.244. The first-order chi connectivity index (χ1) is 12.1. The van der Waals surface area contributed by atoms with Crippen LogP contribution in [0.15, 0.2) is 28.7 Å². The number of furan rings is 1. The largest absolute Gasteiger partial charge is 0.460 e. The van der Waals surface area contributed by atoms with Crippen LogP contribution in [0.5, 0.6) is 0 Å². The maximum atomic E-state index is 13.3. The Balaban J connectivity index is 1.37. The van der Waals surface area contributed by atoms with Gasteiger partial charge in [-0.1, -0.05) is 13.3 Å². The van der Waals surface area contributed by atoms with Gasteiger partial charge in [-0.25, -0.2) is 4.39 Å². The van der Waals surface area contributed by atoms with E-state index >= 15 is 0 Å². The van der Waals surface area contributed by atoms with E-state index in [1.165, 1.54) is 12.1 Å². The second-order valence-electron chi connectivity index (χ2n) is 7.40. The van der Waals surface area contributed by atoms with Gasteiger partial charge in [0, 0.05) is 30.4 Å². The van der Waals surface area contributed by atoms with Crippen molar-refractivity contribution in [3.05, 3.63) is 35.8 Å². The molecule has 4 rings (SSSR count). The van der Waals surface area contributed by atoms with Crippen LogP contribution in [0.3, 0.4) is 0 Å². The van der Waals surface area contributed by atoms with Gasteiger partial charge in [0.2, 0.25) is 5.91 Å². The van der Waals surface area contributed by atoms with E-state index in [9.17, 15) is 9.18 Å².